The summed E-state index contributed by atoms with van der Waals surface area (Å²) < 4.78 is 11.3. The van der Waals surface area contributed by atoms with Gasteiger partial charge in [0.05, 0.1) is 6.04 Å². The van der Waals surface area contributed by atoms with Crippen LogP contribution in [0.1, 0.15) is 17.2 Å². The van der Waals surface area contributed by atoms with Crippen LogP contribution in [-0.2, 0) is 0 Å². The van der Waals surface area contributed by atoms with Crippen LogP contribution in [0.4, 0.5) is 0 Å². The highest BCUT2D eigenvalue weighted by Gasteiger charge is 2.22. The minimum absolute atomic E-state index is 0.113. The number of para-hydroxylation sites is 1. The molecule has 4 heteroatoms. The first-order valence-electron chi connectivity index (χ1n) is 6.29. The Kier molecular flexibility index (Phi) is 3.35. The van der Waals surface area contributed by atoms with Crippen molar-refractivity contribution in [2.45, 2.75) is 6.04 Å². The predicted molar refractivity (Wildman–Crippen MR) is 73.0 cm³/mol. The molecule has 2 aromatic carbocycles. The van der Waals surface area contributed by atoms with Crippen molar-refractivity contribution >= 4 is 0 Å². The number of ether oxygens (including phenoxy) is 2. The van der Waals surface area contributed by atoms with Crippen LogP contribution >= 0.6 is 0 Å². The second-order valence-electron chi connectivity index (χ2n) is 4.38. The van der Waals surface area contributed by atoms with Crippen molar-refractivity contribution in [3.8, 4) is 11.5 Å². The zero-order chi connectivity index (χ0) is 13.1. The van der Waals surface area contributed by atoms with E-state index in [0.717, 1.165) is 22.6 Å². The van der Waals surface area contributed by atoms with Gasteiger partial charge in [-0.05, 0) is 11.6 Å². The van der Waals surface area contributed by atoms with Crippen molar-refractivity contribution in [2.75, 3.05) is 13.2 Å². The van der Waals surface area contributed by atoms with E-state index >= 15 is 0 Å². The Hall–Kier alpha value is -2.04. The van der Waals surface area contributed by atoms with Gasteiger partial charge in [0, 0.05) is 5.56 Å². The largest absolute Gasteiger partial charge is 0.486 e. The van der Waals surface area contributed by atoms with Crippen LogP contribution in [0.25, 0.3) is 0 Å². The highest BCUT2D eigenvalue weighted by Crippen LogP contribution is 2.38. The van der Waals surface area contributed by atoms with E-state index in [4.69, 9.17) is 15.3 Å². The van der Waals surface area contributed by atoms with Gasteiger partial charge in [0.1, 0.15) is 13.2 Å². The topological polar surface area (TPSA) is 56.5 Å². The van der Waals surface area contributed by atoms with Gasteiger partial charge in [-0.25, -0.2) is 5.43 Å². The molecule has 1 atom stereocenters. The molecule has 1 aliphatic heterocycles. The summed E-state index contributed by atoms with van der Waals surface area (Å²) in [5.74, 6) is 7.28. The Morgan fingerprint density at radius 3 is 2.53 bits per heavy atom. The first-order valence-corrected chi connectivity index (χ1v) is 6.29. The van der Waals surface area contributed by atoms with Crippen LogP contribution in [0, 0.1) is 0 Å². The number of hydrogen-bond donors (Lipinski definition) is 2. The Morgan fingerprint density at radius 2 is 1.74 bits per heavy atom. The molecule has 0 aromatic heterocycles. The molecule has 0 fully saturated rings. The van der Waals surface area contributed by atoms with E-state index in [1.165, 1.54) is 0 Å². The SMILES string of the molecule is NNC(c1ccccc1)c1cccc2c1OCCO2. The van der Waals surface area contributed by atoms with Crippen LogP contribution < -0.4 is 20.7 Å². The quantitative estimate of drug-likeness (QED) is 0.651. The molecule has 3 rings (SSSR count). The zero-order valence-corrected chi connectivity index (χ0v) is 10.5. The number of nitrogens with one attached hydrogen (secondary N) is 1. The van der Waals surface area contributed by atoms with Gasteiger partial charge >= 0.3 is 0 Å². The van der Waals surface area contributed by atoms with Crippen molar-refractivity contribution < 1.29 is 9.47 Å². The van der Waals surface area contributed by atoms with E-state index in [1.807, 2.05) is 48.5 Å². The molecule has 1 unspecified atom stereocenters. The Morgan fingerprint density at radius 1 is 0.947 bits per heavy atom. The summed E-state index contributed by atoms with van der Waals surface area (Å²) >= 11 is 0. The lowest BCUT2D eigenvalue weighted by atomic mass is 9.98. The fourth-order valence-corrected chi connectivity index (χ4v) is 2.33. The maximum absolute atomic E-state index is 5.74. The molecule has 0 aliphatic carbocycles. The fraction of sp³-hybridized carbons (Fsp3) is 0.200. The summed E-state index contributed by atoms with van der Waals surface area (Å²) in [6.07, 6.45) is 0. The zero-order valence-electron chi connectivity index (χ0n) is 10.5. The van der Waals surface area contributed by atoms with Gasteiger partial charge in [-0.1, -0.05) is 42.5 Å². The fourth-order valence-electron chi connectivity index (χ4n) is 2.33. The molecule has 2 aromatic rings. The molecule has 0 spiro atoms. The predicted octanol–water partition coefficient (Wildman–Crippen LogP) is 2.01. The highest BCUT2D eigenvalue weighted by molar-refractivity contribution is 5.51. The maximum Gasteiger partial charge on any atom is 0.166 e. The lowest BCUT2D eigenvalue weighted by molar-refractivity contribution is 0.169. The molecule has 98 valence electrons. The van der Waals surface area contributed by atoms with E-state index in [9.17, 15) is 0 Å². The standard InChI is InChI=1S/C15H16N2O2/c16-17-14(11-5-2-1-3-6-11)12-7-4-8-13-15(12)19-10-9-18-13/h1-8,14,17H,9-10,16H2. The van der Waals surface area contributed by atoms with Crippen molar-refractivity contribution in [1.82, 2.24) is 5.43 Å². The van der Waals surface area contributed by atoms with E-state index in [0.29, 0.717) is 13.2 Å². The molecule has 0 amide bonds. The number of rotatable bonds is 3. The average Bonchev–Trinajstić information content (AvgIpc) is 2.49. The van der Waals surface area contributed by atoms with Crippen molar-refractivity contribution in [3.63, 3.8) is 0 Å². The summed E-state index contributed by atoms with van der Waals surface area (Å²) in [5, 5.41) is 0. The molecule has 3 N–H and O–H groups in total. The lowest BCUT2D eigenvalue weighted by Crippen LogP contribution is -2.30. The smallest absolute Gasteiger partial charge is 0.166 e. The van der Waals surface area contributed by atoms with Gasteiger partial charge in [0.25, 0.3) is 0 Å². The number of nitrogens with two attached hydrogens (primary N) is 1. The third kappa shape index (κ3) is 2.28. The summed E-state index contributed by atoms with van der Waals surface area (Å²) in [6.45, 7) is 1.15. The molecule has 0 saturated heterocycles. The molecule has 4 nitrogen and oxygen atoms in total. The molecule has 1 aliphatic rings. The third-order valence-corrected chi connectivity index (χ3v) is 3.21. The molecular formula is C15H16N2O2. The summed E-state index contributed by atoms with van der Waals surface area (Å²) in [4.78, 5) is 0. The molecule has 1 heterocycles. The number of benzene rings is 2. The van der Waals surface area contributed by atoms with Crippen molar-refractivity contribution in [1.29, 1.82) is 0 Å². The van der Waals surface area contributed by atoms with Gasteiger partial charge in [0.15, 0.2) is 11.5 Å². The molecule has 0 radical (unpaired) electrons. The van der Waals surface area contributed by atoms with Crippen LogP contribution in [0.2, 0.25) is 0 Å². The van der Waals surface area contributed by atoms with Crippen LogP contribution in [0.5, 0.6) is 11.5 Å². The van der Waals surface area contributed by atoms with Crippen LogP contribution in [0.15, 0.2) is 48.5 Å². The van der Waals surface area contributed by atoms with Gasteiger partial charge in [-0.3, -0.25) is 5.84 Å². The minimum Gasteiger partial charge on any atom is -0.486 e. The number of hydrazine groups is 1. The van der Waals surface area contributed by atoms with E-state index in [2.05, 4.69) is 5.43 Å². The first-order chi connectivity index (χ1) is 9.40. The number of fused-ring (bicyclic) bond motifs is 1. The van der Waals surface area contributed by atoms with Crippen molar-refractivity contribution in [3.05, 3.63) is 59.7 Å². The van der Waals surface area contributed by atoms with Crippen molar-refractivity contribution in [2.24, 2.45) is 5.84 Å². The molecule has 19 heavy (non-hydrogen) atoms. The second-order valence-corrected chi connectivity index (χ2v) is 4.38. The van der Waals surface area contributed by atoms with E-state index in [-0.39, 0.29) is 6.04 Å². The third-order valence-electron chi connectivity index (χ3n) is 3.21. The van der Waals surface area contributed by atoms with Gasteiger partial charge in [-0.2, -0.15) is 0 Å². The molecular weight excluding hydrogens is 240 g/mol. The summed E-state index contributed by atoms with van der Waals surface area (Å²) in [6, 6.07) is 15.8. The Balaban J connectivity index is 2.05. The monoisotopic (exact) mass is 256 g/mol. The van der Waals surface area contributed by atoms with E-state index in [1.54, 1.807) is 0 Å². The average molecular weight is 256 g/mol. The van der Waals surface area contributed by atoms with Gasteiger partial charge < -0.3 is 9.47 Å². The van der Waals surface area contributed by atoms with Gasteiger partial charge in [-0.15, -0.1) is 0 Å². The van der Waals surface area contributed by atoms with Crippen LogP contribution in [0.3, 0.4) is 0 Å². The summed E-state index contributed by atoms with van der Waals surface area (Å²) in [5.41, 5.74) is 4.93. The Labute approximate surface area is 112 Å². The van der Waals surface area contributed by atoms with E-state index < -0.39 is 0 Å². The van der Waals surface area contributed by atoms with Gasteiger partial charge in [0.2, 0.25) is 0 Å². The lowest BCUT2D eigenvalue weighted by Gasteiger charge is -2.25. The minimum atomic E-state index is -0.113. The molecule has 0 bridgehead atoms. The first kappa shape index (κ1) is 12.0. The summed E-state index contributed by atoms with van der Waals surface area (Å²) in [7, 11) is 0. The Bertz CT molecular complexity index is 557. The second kappa shape index (κ2) is 5.30. The maximum atomic E-state index is 5.74. The number of hydrogen-bond acceptors (Lipinski definition) is 4. The van der Waals surface area contributed by atoms with Crippen LogP contribution in [-0.4, -0.2) is 13.2 Å². The normalized spacial score (nSPS) is 15.0. The molecule has 0 saturated carbocycles. The highest BCUT2D eigenvalue weighted by atomic mass is 16.6.